The molecule has 0 rings (SSSR count). The van der Waals surface area contributed by atoms with E-state index in [0.717, 1.165) is 0 Å². The maximum Gasteiger partial charge on any atom is 0 e. The Morgan fingerprint density at radius 3 is 1.00 bits per heavy atom. The minimum atomic E-state index is 0. The molecule has 0 aromatic rings. The Hall–Kier alpha value is 3.22. The fraction of sp³-hybridized carbons (Fsp3) is 0. The zero-order valence-corrected chi connectivity index (χ0v) is 7.70. The molecule has 0 N–H and O–H groups in total. The Kier molecular flexibility index (Phi) is 223. The number of hydrogen-bond acceptors (Lipinski definition) is 0. The van der Waals surface area contributed by atoms with Crippen LogP contribution >= 0.6 is 0 Å². The molecule has 0 aliphatic carbocycles. The first-order chi connectivity index (χ1) is 0. The monoisotopic (exact) mass is 377 g/mol. The fourth-order valence-electron chi connectivity index (χ4n) is 0. The third-order valence-corrected chi connectivity index (χ3v) is 0. The van der Waals surface area contributed by atoms with E-state index in [4.69, 9.17) is 0 Å². The first-order valence-electron chi connectivity index (χ1n) is 0. The second-order valence-electron chi connectivity index (χ2n) is 0. The molecule has 0 heterocycles. The summed E-state index contributed by atoms with van der Waals surface area (Å²) in [7, 11) is 0. The van der Waals surface area contributed by atoms with Crippen molar-refractivity contribution in [2.75, 3.05) is 0 Å². The van der Waals surface area contributed by atoms with Gasteiger partial charge in [0.25, 0.3) is 0 Å². The van der Waals surface area contributed by atoms with E-state index in [9.17, 15) is 0 Å². The summed E-state index contributed by atoms with van der Waals surface area (Å²) in [5.41, 5.74) is 0. The Labute approximate surface area is 99.4 Å². The minimum absolute atomic E-state index is 0. The summed E-state index contributed by atoms with van der Waals surface area (Å²) in [5.74, 6) is 0. The third-order valence-electron chi connectivity index (χ3n) is 0. The van der Waals surface area contributed by atoms with Crippen LogP contribution in [-0.4, -0.2) is 29.6 Å². The van der Waals surface area contributed by atoms with Crippen molar-refractivity contribution in [2.24, 2.45) is 0 Å². The van der Waals surface area contributed by atoms with Gasteiger partial charge in [0.05, 0.1) is 0 Å². The van der Waals surface area contributed by atoms with Gasteiger partial charge >= 0.3 is 29.6 Å². The Balaban J connectivity index is 0. The molecule has 1 radical (unpaired) electrons. The van der Waals surface area contributed by atoms with Gasteiger partial charge in [-0.15, -0.1) is 0 Å². The van der Waals surface area contributed by atoms with Gasteiger partial charge in [-0.2, -0.15) is 0 Å². The summed E-state index contributed by atoms with van der Waals surface area (Å²) in [5, 5.41) is 0. The van der Waals surface area contributed by atoms with Crippen molar-refractivity contribution in [1.82, 2.24) is 0 Å². The summed E-state index contributed by atoms with van der Waals surface area (Å²) in [6.07, 6.45) is 0. The molecule has 0 saturated carbocycles. The molecular weight excluding hydrogens is 376 g/mol. The standard InChI is InChI=1S/Co.Cr.Na.Ni.W.H. The molecule has 0 aliphatic rings. The van der Waals surface area contributed by atoms with E-state index in [1.807, 2.05) is 0 Å². The molecule has 0 spiro atoms. The van der Waals surface area contributed by atoms with Gasteiger partial charge in [0.15, 0.2) is 0 Å². The van der Waals surface area contributed by atoms with Crippen LogP contribution in [0, 0.1) is 0 Å². The quantitative estimate of drug-likeness (QED) is 0.492. The van der Waals surface area contributed by atoms with Gasteiger partial charge in [0.2, 0.25) is 0 Å². The molecule has 0 aromatic carbocycles. The van der Waals surface area contributed by atoms with E-state index in [0.29, 0.717) is 0 Å². The maximum atomic E-state index is 0. The van der Waals surface area contributed by atoms with Gasteiger partial charge in [-0.1, -0.05) is 0 Å². The van der Waals surface area contributed by atoms with E-state index >= 15 is 0 Å². The van der Waals surface area contributed by atoms with Crippen LogP contribution < -0.4 is 0 Å². The van der Waals surface area contributed by atoms with Crippen LogP contribution in [0.15, 0.2) is 0 Å². The van der Waals surface area contributed by atoms with Crippen LogP contribution in [0.2, 0.25) is 0 Å². The van der Waals surface area contributed by atoms with Crippen molar-refractivity contribution >= 4 is 29.6 Å². The molecule has 0 bridgehead atoms. The molecule has 5 heavy (non-hydrogen) atoms. The predicted molar refractivity (Wildman–Crippen MR) is 7.15 cm³/mol. The van der Waals surface area contributed by atoms with E-state index in [1.54, 1.807) is 0 Å². The second-order valence-corrected chi connectivity index (χ2v) is 0. The van der Waals surface area contributed by atoms with Crippen LogP contribution in [0.25, 0.3) is 0 Å². The van der Waals surface area contributed by atoms with Crippen molar-refractivity contribution in [1.29, 1.82) is 0 Å². The average molecular weight is 377 g/mol. The molecule has 0 nitrogen and oxygen atoms in total. The summed E-state index contributed by atoms with van der Waals surface area (Å²) < 4.78 is 0. The van der Waals surface area contributed by atoms with Crippen LogP contribution in [0.4, 0.5) is 0 Å². The summed E-state index contributed by atoms with van der Waals surface area (Å²) >= 11 is 0. The molecule has 0 atom stereocenters. The Bertz CT molecular complexity index is 11.6. The second kappa shape index (κ2) is 26.9. The number of hydrogen-bond donors (Lipinski definition) is 0. The zero-order chi connectivity index (χ0) is 0. The van der Waals surface area contributed by atoms with E-state index in [2.05, 4.69) is 0 Å². The van der Waals surface area contributed by atoms with Crippen LogP contribution in [0.5, 0.6) is 0 Å². The molecular formula is HCoCrNaNiW. The van der Waals surface area contributed by atoms with Gasteiger partial charge in [-0.25, -0.2) is 0 Å². The van der Waals surface area contributed by atoms with E-state index in [-0.39, 0.29) is 101 Å². The van der Waals surface area contributed by atoms with Gasteiger partial charge in [0.1, 0.15) is 0 Å². The summed E-state index contributed by atoms with van der Waals surface area (Å²) in [4.78, 5) is 0. The van der Waals surface area contributed by atoms with E-state index < -0.39 is 0 Å². The van der Waals surface area contributed by atoms with Crippen molar-refractivity contribution in [3.8, 4) is 0 Å². The normalized spacial score (nSPS) is 0. The van der Waals surface area contributed by atoms with Crippen LogP contribution in [-0.2, 0) is 71.7 Å². The number of rotatable bonds is 0. The molecule has 0 saturated heterocycles. The third kappa shape index (κ3) is 19.0. The molecule has 33 valence electrons. The molecule has 0 aliphatic heterocycles. The molecule has 5 heteroatoms. The van der Waals surface area contributed by atoms with Gasteiger partial charge in [-0.3, -0.25) is 0 Å². The zero-order valence-electron chi connectivity index (χ0n) is 1.47. The summed E-state index contributed by atoms with van der Waals surface area (Å²) in [6, 6.07) is 0. The molecule has 0 amide bonds. The smallest absolute Gasteiger partial charge is 0 e. The van der Waals surface area contributed by atoms with Crippen molar-refractivity contribution in [2.45, 2.75) is 0 Å². The maximum absolute atomic E-state index is 0. The van der Waals surface area contributed by atoms with Crippen LogP contribution in [0.1, 0.15) is 0 Å². The Morgan fingerprint density at radius 1 is 1.00 bits per heavy atom. The van der Waals surface area contributed by atoms with Gasteiger partial charge in [-0.05, 0) is 0 Å². The first-order valence-corrected chi connectivity index (χ1v) is 0. The molecule has 0 unspecified atom stereocenters. The summed E-state index contributed by atoms with van der Waals surface area (Å²) in [6.45, 7) is 0. The van der Waals surface area contributed by atoms with Crippen LogP contribution in [0.3, 0.4) is 0 Å². The fourth-order valence-corrected chi connectivity index (χ4v) is 0. The predicted octanol–water partition coefficient (Wildman–Crippen LogP) is -0.659. The van der Waals surface area contributed by atoms with Gasteiger partial charge < -0.3 is 0 Å². The Morgan fingerprint density at radius 2 is 1.00 bits per heavy atom. The van der Waals surface area contributed by atoms with E-state index in [1.165, 1.54) is 0 Å². The molecule has 0 fully saturated rings. The van der Waals surface area contributed by atoms with Gasteiger partial charge in [0, 0.05) is 71.7 Å². The average Bonchev–Trinajstić information content (AvgIpc) is 0. The first kappa shape index (κ1) is 41.3. The molecule has 0 aromatic heterocycles. The van der Waals surface area contributed by atoms with Crippen molar-refractivity contribution in [3.05, 3.63) is 0 Å². The minimum Gasteiger partial charge on any atom is 0 e. The van der Waals surface area contributed by atoms with Crippen molar-refractivity contribution < 1.29 is 71.7 Å². The largest absolute Gasteiger partial charge is 0 e. The SMILES string of the molecule is [Co].[Cr].[NaH].[Ni].[W]. The van der Waals surface area contributed by atoms with Crippen molar-refractivity contribution in [3.63, 3.8) is 0 Å². The topological polar surface area (TPSA) is 0 Å².